The van der Waals surface area contributed by atoms with E-state index in [2.05, 4.69) is 21.5 Å². The molecule has 4 rings (SSSR count). The van der Waals surface area contributed by atoms with Crippen molar-refractivity contribution in [2.45, 2.75) is 26.2 Å². The smallest absolute Gasteiger partial charge is 0.290 e. The van der Waals surface area contributed by atoms with Gasteiger partial charge in [-0.15, -0.1) is 0 Å². The highest BCUT2D eigenvalue weighted by Gasteiger charge is 2.22. The molecular formula is C26H28N6O3. The monoisotopic (exact) mass is 472 g/mol. The maximum Gasteiger partial charge on any atom is 0.290 e. The molecule has 1 saturated heterocycles. The van der Waals surface area contributed by atoms with E-state index in [1.807, 2.05) is 30.0 Å². The Morgan fingerprint density at radius 1 is 1.17 bits per heavy atom. The molecular weight excluding hydrogens is 444 g/mol. The number of pyridine rings is 1. The summed E-state index contributed by atoms with van der Waals surface area (Å²) in [4.78, 5) is 31.9. The first kappa shape index (κ1) is 24.1. The number of carbonyl (C=O) groups excluding carboxylic acids is 1. The lowest BCUT2D eigenvalue weighted by Gasteiger charge is -2.28. The van der Waals surface area contributed by atoms with Gasteiger partial charge in [0.25, 0.3) is 11.5 Å². The average Bonchev–Trinajstić information content (AvgIpc) is 2.87. The maximum absolute atomic E-state index is 12.9. The number of rotatable bonds is 5. The first-order valence-corrected chi connectivity index (χ1v) is 11.4. The van der Waals surface area contributed by atoms with Crippen LogP contribution in [0, 0.1) is 18.3 Å². The molecule has 2 aromatic heterocycles. The summed E-state index contributed by atoms with van der Waals surface area (Å²) in [5.41, 5.74) is 3.60. The quantitative estimate of drug-likeness (QED) is 0.607. The molecule has 0 atom stereocenters. The topological polar surface area (TPSA) is 113 Å². The SMILES string of the molecule is Cc1ccc(NC(=O)c2cc(C(C)(C)C#N)ccn2)cc1-c1cc(N2CCOCC2)c(=O)n(C)n1. The molecule has 1 aliphatic heterocycles. The van der Waals surface area contributed by atoms with Crippen molar-refractivity contribution in [2.24, 2.45) is 7.05 Å². The van der Waals surface area contributed by atoms with Crippen LogP contribution >= 0.6 is 0 Å². The van der Waals surface area contributed by atoms with Gasteiger partial charge in [-0.25, -0.2) is 4.68 Å². The van der Waals surface area contributed by atoms with E-state index < -0.39 is 5.41 Å². The highest BCUT2D eigenvalue weighted by atomic mass is 16.5. The van der Waals surface area contributed by atoms with Crippen LogP contribution in [0.25, 0.3) is 11.3 Å². The van der Waals surface area contributed by atoms with Gasteiger partial charge in [-0.2, -0.15) is 10.4 Å². The Hall–Kier alpha value is -4.03. The molecule has 0 unspecified atom stereocenters. The third kappa shape index (κ3) is 5.08. The Balaban J connectivity index is 1.65. The third-order valence-corrected chi connectivity index (χ3v) is 6.16. The van der Waals surface area contributed by atoms with Gasteiger partial charge in [-0.05, 0) is 62.2 Å². The fraction of sp³-hybridized carbons (Fsp3) is 0.346. The van der Waals surface area contributed by atoms with E-state index >= 15 is 0 Å². The van der Waals surface area contributed by atoms with Crippen LogP contribution in [0.4, 0.5) is 11.4 Å². The number of nitrogens with zero attached hydrogens (tertiary/aromatic N) is 5. The van der Waals surface area contributed by atoms with Crippen molar-refractivity contribution >= 4 is 17.3 Å². The maximum atomic E-state index is 12.9. The minimum atomic E-state index is -0.734. The molecule has 0 radical (unpaired) electrons. The first-order valence-electron chi connectivity index (χ1n) is 11.4. The van der Waals surface area contributed by atoms with Gasteiger partial charge in [0.2, 0.25) is 0 Å². The van der Waals surface area contributed by atoms with Gasteiger partial charge < -0.3 is 15.0 Å². The number of ether oxygens (including phenoxy) is 1. The second-order valence-electron chi connectivity index (χ2n) is 9.09. The zero-order valence-corrected chi connectivity index (χ0v) is 20.3. The lowest BCUT2D eigenvalue weighted by Crippen LogP contribution is -2.40. The van der Waals surface area contributed by atoms with E-state index in [9.17, 15) is 14.9 Å². The predicted octanol–water partition coefficient (Wildman–Crippen LogP) is 3.04. The molecule has 1 aromatic carbocycles. The summed E-state index contributed by atoms with van der Waals surface area (Å²) >= 11 is 0. The number of nitriles is 1. The second-order valence-corrected chi connectivity index (χ2v) is 9.09. The van der Waals surface area contributed by atoms with E-state index in [4.69, 9.17) is 4.74 Å². The number of aryl methyl sites for hydroxylation is 2. The number of anilines is 2. The molecule has 35 heavy (non-hydrogen) atoms. The Labute approximate surface area is 204 Å². The van der Waals surface area contributed by atoms with Crippen molar-refractivity contribution in [3.8, 4) is 17.3 Å². The first-order chi connectivity index (χ1) is 16.7. The zero-order valence-electron chi connectivity index (χ0n) is 20.3. The predicted molar refractivity (Wildman–Crippen MR) is 134 cm³/mol. The molecule has 0 saturated carbocycles. The number of benzene rings is 1. The van der Waals surface area contributed by atoms with E-state index in [0.29, 0.717) is 43.4 Å². The Bertz CT molecular complexity index is 1370. The van der Waals surface area contributed by atoms with Crippen molar-refractivity contribution in [1.29, 1.82) is 5.26 Å². The summed E-state index contributed by atoms with van der Waals surface area (Å²) in [6.07, 6.45) is 1.53. The standard InChI is InChI=1S/C26H28N6O3/c1-17-5-6-19(29-24(33)22-13-18(7-8-28-22)26(2,3)16-27)14-20(17)21-15-23(25(34)31(4)30-21)32-9-11-35-12-10-32/h5-8,13-15H,9-12H2,1-4H3,(H,29,33). The highest BCUT2D eigenvalue weighted by molar-refractivity contribution is 6.03. The molecule has 9 nitrogen and oxygen atoms in total. The summed E-state index contributed by atoms with van der Waals surface area (Å²) < 4.78 is 6.76. The molecule has 1 N–H and O–H groups in total. The fourth-order valence-electron chi connectivity index (χ4n) is 3.93. The van der Waals surface area contributed by atoms with E-state index in [1.54, 1.807) is 39.1 Å². The molecule has 0 spiro atoms. The molecule has 9 heteroatoms. The van der Waals surface area contributed by atoms with E-state index in [1.165, 1.54) is 10.9 Å². The summed E-state index contributed by atoms with van der Waals surface area (Å²) in [5.74, 6) is -0.377. The molecule has 0 aliphatic carbocycles. The van der Waals surface area contributed by atoms with Gasteiger partial charge in [-0.1, -0.05) is 6.07 Å². The number of hydrogen-bond acceptors (Lipinski definition) is 7. The van der Waals surface area contributed by atoms with Crippen LogP contribution in [0.1, 0.15) is 35.5 Å². The lowest BCUT2D eigenvalue weighted by atomic mass is 9.86. The lowest BCUT2D eigenvalue weighted by molar-refractivity contribution is 0.102. The molecule has 1 aliphatic rings. The van der Waals surface area contributed by atoms with E-state index in [-0.39, 0.29) is 17.2 Å². The Morgan fingerprint density at radius 2 is 1.91 bits per heavy atom. The van der Waals surface area contributed by atoms with Crippen molar-refractivity contribution in [1.82, 2.24) is 14.8 Å². The minimum Gasteiger partial charge on any atom is -0.378 e. The third-order valence-electron chi connectivity index (χ3n) is 6.16. The van der Waals surface area contributed by atoms with Gasteiger partial charge in [0.05, 0.1) is 30.4 Å². The van der Waals surface area contributed by atoms with Gasteiger partial charge >= 0.3 is 0 Å². The van der Waals surface area contributed by atoms with Crippen molar-refractivity contribution in [2.75, 3.05) is 36.5 Å². The number of hydrogen-bond donors (Lipinski definition) is 1. The van der Waals surface area contributed by atoms with Crippen molar-refractivity contribution in [3.05, 3.63) is 69.8 Å². The fourth-order valence-corrected chi connectivity index (χ4v) is 3.93. The summed E-state index contributed by atoms with van der Waals surface area (Å²) in [6.45, 7) is 7.97. The molecule has 0 bridgehead atoms. The van der Waals surface area contributed by atoms with Gasteiger partial charge in [0.15, 0.2) is 0 Å². The normalized spacial score (nSPS) is 13.9. The highest BCUT2D eigenvalue weighted by Crippen LogP contribution is 2.28. The van der Waals surface area contributed by atoms with Crippen LogP contribution in [-0.2, 0) is 17.2 Å². The number of amides is 1. The Kier molecular flexibility index (Phi) is 6.67. The van der Waals surface area contributed by atoms with Crippen LogP contribution in [0.2, 0.25) is 0 Å². The van der Waals surface area contributed by atoms with Crippen LogP contribution in [-0.4, -0.2) is 47.0 Å². The van der Waals surface area contributed by atoms with Crippen molar-refractivity contribution < 1.29 is 9.53 Å². The van der Waals surface area contributed by atoms with Gasteiger partial charge in [-0.3, -0.25) is 14.6 Å². The van der Waals surface area contributed by atoms with Crippen molar-refractivity contribution in [3.63, 3.8) is 0 Å². The number of aromatic nitrogens is 3. The van der Waals surface area contributed by atoms with Crippen LogP contribution in [0.5, 0.6) is 0 Å². The Morgan fingerprint density at radius 3 is 2.63 bits per heavy atom. The minimum absolute atomic E-state index is 0.163. The number of carbonyl (C=O) groups is 1. The summed E-state index contributed by atoms with van der Waals surface area (Å²) in [6, 6.07) is 13.0. The molecule has 1 amide bonds. The van der Waals surface area contributed by atoms with Gasteiger partial charge in [0, 0.05) is 37.6 Å². The van der Waals surface area contributed by atoms with Crippen LogP contribution in [0.3, 0.4) is 0 Å². The zero-order chi connectivity index (χ0) is 25.2. The number of nitrogens with one attached hydrogen (secondary N) is 1. The number of morpholine rings is 1. The molecule has 1 fully saturated rings. The molecule has 3 heterocycles. The summed E-state index contributed by atoms with van der Waals surface area (Å²) in [5, 5.41) is 16.8. The van der Waals surface area contributed by atoms with E-state index in [0.717, 1.165) is 16.7 Å². The second kappa shape index (κ2) is 9.68. The van der Waals surface area contributed by atoms with Gasteiger partial charge in [0.1, 0.15) is 11.4 Å². The summed E-state index contributed by atoms with van der Waals surface area (Å²) in [7, 11) is 1.64. The van der Waals surface area contributed by atoms with Crippen LogP contribution in [0.15, 0.2) is 47.4 Å². The molecule has 3 aromatic rings. The largest absolute Gasteiger partial charge is 0.378 e. The molecule has 180 valence electrons. The average molecular weight is 473 g/mol. The van der Waals surface area contributed by atoms with Crippen LogP contribution < -0.4 is 15.8 Å².